The second kappa shape index (κ2) is 8.10. The Balaban J connectivity index is 1.82. The summed E-state index contributed by atoms with van der Waals surface area (Å²) in [6.45, 7) is 2.72. The maximum atomic E-state index is 5.66. The molecule has 0 unspecified atom stereocenters. The SMILES string of the molecule is CCCOc1ccc(/C=N\n2cnnc2-c2ccccc2)cc1OC. The Morgan fingerprint density at radius 1 is 1.12 bits per heavy atom. The number of ether oxygens (including phenoxy) is 2. The minimum Gasteiger partial charge on any atom is -0.493 e. The molecule has 0 amide bonds. The van der Waals surface area contributed by atoms with Crippen LogP contribution in [-0.2, 0) is 0 Å². The minimum atomic E-state index is 0.658. The maximum Gasteiger partial charge on any atom is 0.184 e. The monoisotopic (exact) mass is 336 g/mol. The van der Waals surface area contributed by atoms with Gasteiger partial charge >= 0.3 is 0 Å². The molecule has 6 heteroatoms. The number of hydrogen-bond donors (Lipinski definition) is 0. The van der Waals surface area contributed by atoms with E-state index in [4.69, 9.17) is 9.47 Å². The van der Waals surface area contributed by atoms with Gasteiger partial charge in [-0.1, -0.05) is 37.3 Å². The van der Waals surface area contributed by atoms with Crippen molar-refractivity contribution < 1.29 is 9.47 Å². The van der Waals surface area contributed by atoms with Crippen molar-refractivity contribution in [3.8, 4) is 22.9 Å². The van der Waals surface area contributed by atoms with Crippen LogP contribution in [0.2, 0.25) is 0 Å². The molecule has 25 heavy (non-hydrogen) atoms. The van der Waals surface area contributed by atoms with E-state index in [9.17, 15) is 0 Å². The van der Waals surface area contributed by atoms with Gasteiger partial charge in [-0.25, -0.2) is 0 Å². The van der Waals surface area contributed by atoms with Gasteiger partial charge in [0, 0.05) is 5.56 Å². The van der Waals surface area contributed by atoms with Crippen molar-refractivity contribution in [2.45, 2.75) is 13.3 Å². The van der Waals surface area contributed by atoms with Crippen molar-refractivity contribution in [3.63, 3.8) is 0 Å². The van der Waals surface area contributed by atoms with Crippen LogP contribution < -0.4 is 9.47 Å². The first-order valence-electron chi connectivity index (χ1n) is 8.12. The van der Waals surface area contributed by atoms with Gasteiger partial charge in [0.1, 0.15) is 6.33 Å². The Morgan fingerprint density at radius 2 is 1.96 bits per heavy atom. The quantitative estimate of drug-likeness (QED) is 0.618. The smallest absolute Gasteiger partial charge is 0.184 e. The summed E-state index contributed by atoms with van der Waals surface area (Å²) in [4.78, 5) is 0. The third-order valence-electron chi connectivity index (χ3n) is 3.54. The van der Waals surface area contributed by atoms with Gasteiger partial charge in [0.25, 0.3) is 0 Å². The highest BCUT2D eigenvalue weighted by Gasteiger charge is 2.07. The fraction of sp³-hybridized carbons (Fsp3) is 0.211. The summed E-state index contributed by atoms with van der Waals surface area (Å²) in [6, 6.07) is 15.5. The predicted molar refractivity (Wildman–Crippen MR) is 97.2 cm³/mol. The predicted octanol–water partition coefficient (Wildman–Crippen LogP) is 3.62. The van der Waals surface area contributed by atoms with Crippen LogP contribution in [-0.4, -0.2) is 34.8 Å². The molecule has 1 heterocycles. The van der Waals surface area contributed by atoms with Crippen LogP contribution in [0.4, 0.5) is 0 Å². The van der Waals surface area contributed by atoms with Gasteiger partial charge in [0.05, 0.1) is 19.9 Å². The fourth-order valence-corrected chi connectivity index (χ4v) is 2.32. The Morgan fingerprint density at radius 3 is 2.72 bits per heavy atom. The zero-order valence-corrected chi connectivity index (χ0v) is 14.3. The third-order valence-corrected chi connectivity index (χ3v) is 3.54. The van der Waals surface area contributed by atoms with Gasteiger partial charge in [0.2, 0.25) is 0 Å². The van der Waals surface area contributed by atoms with Crippen molar-refractivity contribution in [2.24, 2.45) is 5.10 Å². The minimum absolute atomic E-state index is 0.658. The van der Waals surface area contributed by atoms with E-state index in [1.54, 1.807) is 24.3 Å². The standard InChI is InChI=1S/C19H20N4O2/c1-3-11-25-17-10-9-15(12-18(17)24-2)13-21-23-14-20-22-19(23)16-7-5-4-6-8-16/h4-10,12-14H,3,11H2,1-2H3/b21-13-. The first-order valence-corrected chi connectivity index (χ1v) is 8.12. The Labute approximate surface area is 146 Å². The highest BCUT2D eigenvalue weighted by atomic mass is 16.5. The van der Waals surface area contributed by atoms with Crippen LogP contribution in [0, 0.1) is 0 Å². The molecule has 0 spiro atoms. The number of nitrogens with zero attached hydrogens (tertiary/aromatic N) is 4. The zero-order valence-electron chi connectivity index (χ0n) is 14.3. The molecule has 3 aromatic rings. The van der Waals surface area contributed by atoms with Crippen LogP contribution in [0.3, 0.4) is 0 Å². The maximum absolute atomic E-state index is 5.66. The number of benzene rings is 2. The van der Waals surface area contributed by atoms with E-state index in [0.29, 0.717) is 18.2 Å². The van der Waals surface area contributed by atoms with Crippen LogP contribution in [0.25, 0.3) is 11.4 Å². The summed E-state index contributed by atoms with van der Waals surface area (Å²) < 4.78 is 12.7. The number of methoxy groups -OCH3 is 1. The summed E-state index contributed by atoms with van der Waals surface area (Å²) in [6.07, 6.45) is 4.26. The molecule has 6 nitrogen and oxygen atoms in total. The summed E-state index contributed by atoms with van der Waals surface area (Å²) >= 11 is 0. The van der Waals surface area contributed by atoms with Gasteiger partial charge in [-0.2, -0.15) is 9.78 Å². The van der Waals surface area contributed by atoms with E-state index in [1.807, 2.05) is 48.5 Å². The zero-order chi connectivity index (χ0) is 17.5. The molecule has 0 atom stereocenters. The molecule has 0 fully saturated rings. The molecule has 0 bridgehead atoms. The summed E-state index contributed by atoms with van der Waals surface area (Å²) in [5, 5.41) is 12.5. The Bertz CT molecular complexity index is 844. The van der Waals surface area contributed by atoms with Crippen molar-refractivity contribution in [1.82, 2.24) is 14.9 Å². The summed E-state index contributed by atoms with van der Waals surface area (Å²) in [5.41, 5.74) is 1.85. The molecule has 0 aliphatic rings. The molecule has 0 aliphatic heterocycles. The molecule has 3 rings (SSSR count). The van der Waals surface area contributed by atoms with Gasteiger partial charge < -0.3 is 9.47 Å². The van der Waals surface area contributed by atoms with Crippen LogP contribution in [0.1, 0.15) is 18.9 Å². The highest BCUT2D eigenvalue weighted by Crippen LogP contribution is 2.27. The van der Waals surface area contributed by atoms with E-state index in [-0.39, 0.29) is 0 Å². The molecular formula is C19H20N4O2. The first kappa shape index (κ1) is 16.7. The molecule has 128 valence electrons. The number of rotatable bonds is 7. The first-order chi connectivity index (χ1) is 12.3. The molecule has 0 aliphatic carbocycles. The van der Waals surface area contributed by atoms with E-state index >= 15 is 0 Å². The van der Waals surface area contributed by atoms with Crippen molar-refractivity contribution >= 4 is 6.21 Å². The molecule has 0 saturated heterocycles. The second-order valence-corrected chi connectivity index (χ2v) is 5.37. The lowest BCUT2D eigenvalue weighted by Gasteiger charge is -2.10. The van der Waals surface area contributed by atoms with Gasteiger partial charge in [-0.15, -0.1) is 10.2 Å². The van der Waals surface area contributed by atoms with E-state index < -0.39 is 0 Å². The van der Waals surface area contributed by atoms with Crippen molar-refractivity contribution in [3.05, 3.63) is 60.4 Å². The number of aromatic nitrogens is 3. The lowest BCUT2D eigenvalue weighted by Crippen LogP contribution is -1.99. The largest absolute Gasteiger partial charge is 0.493 e. The summed E-state index contributed by atoms with van der Waals surface area (Å²) in [5.74, 6) is 2.10. The molecule has 1 aromatic heterocycles. The normalized spacial score (nSPS) is 11.0. The van der Waals surface area contributed by atoms with Crippen LogP contribution >= 0.6 is 0 Å². The molecule has 0 N–H and O–H groups in total. The lowest BCUT2D eigenvalue weighted by molar-refractivity contribution is 0.294. The van der Waals surface area contributed by atoms with Crippen molar-refractivity contribution in [1.29, 1.82) is 0 Å². The van der Waals surface area contributed by atoms with E-state index in [1.165, 1.54) is 0 Å². The molecule has 0 saturated carbocycles. The van der Waals surface area contributed by atoms with Gasteiger partial charge in [-0.3, -0.25) is 0 Å². The third kappa shape index (κ3) is 4.03. The van der Waals surface area contributed by atoms with Gasteiger partial charge in [-0.05, 0) is 30.2 Å². The lowest BCUT2D eigenvalue weighted by atomic mass is 10.2. The summed E-state index contributed by atoms with van der Waals surface area (Å²) in [7, 11) is 1.63. The van der Waals surface area contributed by atoms with Crippen molar-refractivity contribution in [2.75, 3.05) is 13.7 Å². The molecular weight excluding hydrogens is 316 g/mol. The topological polar surface area (TPSA) is 61.5 Å². The Kier molecular flexibility index (Phi) is 5.41. The van der Waals surface area contributed by atoms with Crippen LogP contribution in [0.5, 0.6) is 11.5 Å². The average Bonchev–Trinajstić information content (AvgIpc) is 3.14. The van der Waals surface area contributed by atoms with Gasteiger partial charge in [0.15, 0.2) is 17.3 Å². The van der Waals surface area contributed by atoms with E-state index in [2.05, 4.69) is 22.2 Å². The van der Waals surface area contributed by atoms with Crippen LogP contribution in [0.15, 0.2) is 60.0 Å². The average molecular weight is 336 g/mol. The number of hydrogen-bond acceptors (Lipinski definition) is 5. The second-order valence-electron chi connectivity index (χ2n) is 5.37. The Hall–Kier alpha value is -3.15. The fourth-order valence-electron chi connectivity index (χ4n) is 2.32. The molecule has 0 radical (unpaired) electrons. The molecule has 2 aromatic carbocycles. The highest BCUT2D eigenvalue weighted by molar-refractivity contribution is 5.81. The van der Waals surface area contributed by atoms with E-state index in [0.717, 1.165) is 23.3 Å².